The summed E-state index contributed by atoms with van der Waals surface area (Å²) in [7, 11) is 0. The van der Waals surface area contributed by atoms with Crippen LogP contribution in [0.25, 0.3) is 0 Å². The highest BCUT2D eigenvalue weighted by Gasteiger charge is 2.17. The van der Waals surface area contributed by atoms with Crippen LogP contribution >= 0.6 is 0 Å². The van der Waals surface area contributed by atoms with Crippen molar-refractivity contribution in [2.75, 3.05) is 6.61 Å². The molecule has 0 aromatic heterocycles. The molecule has 2 heteroatoms. The van der Waals surface area contributed by atoms with E-state index in [1.165, 1.54) is 12.0 Å². The van der Waals surface area contributed by atoms with Gasteiger partial charge in [0.05, 0.1) is 6.10 Å². The highest BCUT2D eigenvalue weighted by molar-refractivity contribution is 5.14. The second-order valence-electron chi connectivity index (χ2n) is 4.73. The normalized spacial score (nSPS) is 21.4. The van der Waals surface area contributed by atoms with E-state index in [1.54, 1.807) is 0 Å². The van der Waals surface area contributed by atoms with Crippen LogP contribution < -0.4 is 0 Å². The van der Waals surface area contributed by atoms with E-state index in [0.717, 1.165) is 32.3 Å². The van der Waals surface area contributed by atoms with Crippen LogP contribution in [0.5, 0.6) is 0 Å². The van der Waals surface area contributed by atoms with Gasteiger partial charge in [-0.3, -0.25) is 0 Å². The highest BCUT2D eigenvalue weighted by atomic mass is 16.7. The van der Waals surface area contributed by atoms with E-state index in [1.807, 2.05) is 12.1 Å². The first kappa shape index (κ1) is 13.3. The topological polar surface area (TPSA) is 18.5 Å². The van der Waals surface area contributed by atoms with E-state index in [2.05, 4.69) is 30.8 Å². The Morgan fingerprint density at radius 1 is 1.33 bits per heavy atom. The minimum atomic E-state index is -0.0301. The Bertz CT molecular complexity index is 341. The van der Waals surface area contributed by atoms with E-state index in [0.29, 0.717) is 0 Å². The molecule has 0 spiro atoms. The summed E-state index contributed by atoms with van der Waals surface area (Å²) in [6.07, 6.45) is 7.30. The van der Waals surface area contributed by atoms with Crippen molar-refractivity contribution in [2.24, 2.45) is 0 Å². The summed E-state index contributed by atoms with van der Waals surface area (Å²) in [5.74, 6) is 0. The Morgan fingerprint density at radius 3 is 2.83 bits per heavy atom. The quantitative estimate of drug-likeness (QED) is 0.712. The molecule has 18 heavy (non-hydrogen) atoms. The fraction of sp³-hybridized carbons (Fsp3) is 0.500. The average molecular weight is 246 g/mol. The zero-order valence-electron chi connectivity index (χ0n) is 10.9. The SMILES string of the molecule is C=C[C@H](CCc1ccccc1)O[C@H]1CCCCO1. The molecule has 0 saturated carbocycles. The van der Waals surface area contributed by atoms with Crippen LogP contribution in [-0.2, 0) is 15.9 Å². The standard InChI is InChI=1S/C16H22O2/c1-2-15(18-16-10-6-7-13-17-16)12-11-14-8-4-3-5-9-14/h2-5,8-9,15-16H,1,6-7,10-13H2/t15-,16+/m1/s1. The van der Waals surface area contributed by atoms with Gasteiger partial charge in [-0.15, -0.1) is 6.58 Å². The summed E-state index contributed by atoms with van der Waals surface area (Å²) >= 11 is 0. The molecule has 1 saturated heterocycles. The van der Waals surface area contributed by atoms with E-state index < -0.39 is 0 Å². The Morgan fingerprint density at radius 2 is 2.17 bits per heavy atom. The lowest BCUT2D eigenvalue weighted by Gasteiger charge is -2.26. The third kappa shape index (κ3) is 4.28. The predicted octanol–water partition coefficient (Wildman–Crippen LogP) is 3.72. The van der Waals surface area contributed by atoms with Gasteiger partial charge in [0.15, 0.2) is 6.29 Å². The Hall–Kier alpha value is -1.12. The summed E-state index contributed by atoms with van der Waals surface area (Å²) in [6, 6.07) is 10.5. The van der Waals surface area contributed by atoms with Crippen molar-refractivity contribution in [1.82, 2.24) is 0 Å². The summed E-state index contributed by atoms with van der Waals surface area (Å²) in [6.45, 7) is 4.68. The van der Waals surface area contributed by atoms with Gasteiger partial charge in [-0.1, -0.05) is 36.4 Å². The molecule has 0 unspecified atom stereocenters. The first-order chi connectivity index (χ1) is 8.88. The van der Waals surface area contributed by atoms with Gasteiger partial charge in [0.25, 0.3) is 0 Å². The zero-order valence-corrected chi connectivity index (χ0v) is 10.9. The molecule has 1 aromatic rings. The third-order valence-corrected chi connectivity index (χ3v) is 3.29. The number of aryl methyl sites for hydroxylation is 1. The number of ether oxygens (including phenoxy) is 2. The predicted molar refractivity (Wildman–Crippen MR) is 73.4 cm³/mol. The molecule has 0 N–H and O–H groups in total. The molecule has 2 rings (SSSR count). The minimum Gasteiger partial charge on any atom is -0.353 e. The molecule has 0 amide bonds. The molecule has 1 aliphatic rings. The number of benzene rings is 1. The molecular weight excluding hydrogens is 224 g/mol. The smallest absolute Gasteiger partial charge is 0.158 e. The Kier molecular flexibility index (Phi) is 5.43. The maximum atomic E-state index is 5.92. The van der Waals surface area contributed by atoms with Crippen LogP contribution in [0.15, 0.2) is 43.0 Å². The number of hydrogen-bond acceptors (Lipinski definition) is 2. The summed E-state index contributed by atoms with van der Waals surface area (Å²) in [5.41, 5.74) is 1.34. The molecule has 1 aliphatic heterocycles. The van der Waals surface area contributed by atoms with Crippen molar-refractivity contribution in [3.8, 4) is 0 Å². The van der Waals surface area contributed by atoms with Crippen molar-refractivity contribution in [2.45, 2.75) is 44.5 Å². The van der Waals surface area contributed by atoms with Crippen molar-refractivity contribution in [3.05, 3.63) is 48.6 Å². The maximum absolute atomic E-state index is 5.92. The first-order valence-electron chi connectivity index (χ1n) is 6.82. The van der Waals surface area contributed by atoms with Crippen LogP contribution in [-0.4, -0.2) is 19.0 Å². The van der Waals surface area contributed by atoms with Crippen molar-refractivity contribution in [1.29, 1.82) is 0 Å². The van der Waals surface area contributed by atoms with Crippen LogP contribution in [0, 0.1) is 0 Å². The second kappa shape index (κ2) is 7.34. The molecule has 1 aromatic carbocycles. The van der Waals surface area contributed by atoms with Gasteiger partial charge >= 0.3 is 0 Å². The minimum absolute atomic E-state index is 0.0301. The van der Waals surface area contributed by atoms with E-state index in [4.69, 9.17) is 9.47 Å². The number of rotatable bonds is 6. The molecule has 0 radical (unpaired) electrons. The van der Waals surface area contributed by atoms with E-state index in [9.17, 15) is 0 Å². The Labute approximate surface area is 110 Å². The van der Waals surface area contributed by atoms with Gasteiger partial charge in [0, 0.05) is 6.61 Å². The molecule has 1 fully saturated rings. The fourth-order valence-electron chi connectivity index (χ4n) is 2.21. The van der Waals surface area contributed by atoms with Gasteiger partial charge in [0.2, 0.25) is 0 Å². The zero-order chi connectivity index (χ0) is 12.6. The largest absolute Gasteiger partial charge is 0.353 e. The van der Waals surface area contributed by atoms with Gasteiger partial charge < -0.3 is 9.47 Å². The average Bonchev–Trinajstić information content (AvgIpc) is 2.45. The summed E-state index contributed by atoms with van der Waals surface area (Å²) < 4.78 is 11.5. The van der Waals surface area contributed by atoms with Crippen LogP contribution in [0.2, 0.25) is 0 Å². The van der Waals surface area contributed by atoms with E-state index >= 15 is 0 Å². The van der Waals surface area contributed by atoms with Crippen molar-refractivity contribution >= 4 is 0 Å². The van der Waals surface area contributed by atoms with Crippen LogP contribution in [0.4, 0.5) is 0 Å². The van der Waals surface area contributed by atoms with Crippen LogP contribution in [0.3, 0.4) is 0 Å². The molecule has 0 aliphatic carbocycles. The first-order valence-corrected chi connectivity index (χ1v) is 6.82. The highest BCUT2D eigenvalue weighted by Crippen LogP contribution is 2.18. The van der Waals surface area contributed by atoms with Crippen molar-refractivity contribution < 1.29 is 9.47 Å². The molecule has 1 heterocycles. The molecule has 98 valence electrons. The molecule has 0 bridgehead atoms. The molecular formula is C16H22O2. The van der Waals surface area contributed by atoms with Gasteiger partial charge in [-0.05, 0) is 37.7 Å². The van der Waals surface area contributed by atoms with Crippen molar-refractivity contribution in [3.63, 3.8) is 0 Å². The monoisotopic (exact) mass is 246 g/mol. The summed E-state index contributed by atoms with van der Waals surface area (Å²) in [5, 5.41) is 0. The lowest BCUT2D eigenvalue weighted by molar-refractivity contribution is -0.179. The van der Waals surface area contributed by atoms with Gasteiger partial charge in [0.1, 0.15) is 0 Å². The van der Waals surface area contributed by atoms with Gasteiger partial charge in [-0.2, -0.15) is 0 Å². The lowest BCUT2D eigenvalue weighted by atomic mass is 10.1. The second-order valence-corrected chi connectivity index (χ2v) is 4.73. The Balaban J connectivity index is 1.76. The lowest BCUT2D eigenvalue weighted by Crippen LogP contribution is -2.27. The number of hydrogen-bond donors (Lipinski definition) is 0. The third-order valence-electron chi connectivity index (χ3n) is 3.29. The molecule has 2 atom stereocenters. The maximum Gasteiger partial charge on any atom is 0.158 e. The van der Waals surface area contributed by atoms with Crippen LogP contribution in [0.1, 0.15) is 31.2 Å². The molecule has 2 nitrogen and oxygen atoms in total. The summed E-state index contributed by atoms with van der Waals surface area (Å²) in [4.78, 5) is 0. The fourth-order valence-corrected chi connectivity index (χ4v) is 2.21. The van der Waals surface area contributed by atoms with E-state index in [-0.39, 0.29) is 12.4 Å². The van der Waals surface area contributed by atoms with Gasteiger partial charge in [-0.25, -0.2) is 0 Å².